The fraction of sp³-hybridized carbons (Fsp3) is 0.400. The van der Waals surface area contributed by atoms with Crippen molar-refractivity contribution in [3.8, 4) is 0 Å². The van der Waals surface area contributed by atoms with Crippen molar-refractivity contribution in [3.63, 3.8) is 0 Å². The van der Waals surface area contributed by atoms with Crippen LogP contribution in [0.15, 0.2) is 25.5 Å². The highest BCUT2D eigenvalue weighted by atomic mass is 16.5. The van der Waals surface area contributed by atoms with E-state index in [0.29, 0.717) is 12.3 Å². The molecule has 0 aromatic carbocycles. The fourth-order valence-electron chi connectivity index (χ4n) is 0.911. The summed E-state index contributed by atoms with van der Waals surface area (Å²) in [6, 6.07) is 0. The van der Waals surface area contributed by atoms with Gasteiger partial charge in [-0.25, -0.2) is 0 Å². The maximum atomic E-state index is 10.5. The molecule has 1 aliphatic rings. The highest BCUT2D eigenvalue weighted by molar-refractivity contribution is 5.78. The Bertz CT molecular complexity index is 236. The van der Waals surface area contributed by atoms with Crippen molar-refractivity contribution in [1.82, 2.24) is 5.32 Å². The van der Waals surface area contributed by atoms with Gasteiger partial charge in [-0.05, 0) is 0 Å². The minimum atomic E-state index is -0.329. The summed E-state index contributed by atoms with van der Waals surface area (Å²) >= 11 is 0. The van der Waals surface area contributed by atoms with Crippen LogP contribution in [0.3, 0.4) is 0 Å². The van der Waals surface area contributed by atoms with Gasteiger partial charge < -0.3 is 10.1 Å². The molecule has 1 saturated heterocycles. The molecule has 1 rings (SSSR count). The fourth-order valence-corrected chi connectivity index (χ4v) is 0.911. The predicted octanol–water partition coefficient (Wildman–Crippen LogP) is 1.00. The molecule has 14 heavy (non-hydrogen) atoms. The van der Waals surface area contributed by atoms with Crippen LogP contribution in [0.4, 0.5) is 0 Å². The van der Waals surface area contributed by atoms with Crippen LogP contribution < -0.4 is 5.32 Å². The highest BCUT2D eigenvalue weighted by Gasteiger charge is 2.17. The van der Waals surface area contributed by atoms with E-state index < -0.39 is 0 Å². The Morgan fingerprint density at radius 2 is 2.29 bits per heavy atom. The van der Waals surface area contributed by atoms with Gasteiger partial charge in [0.25, 0.3) is 0 Å². The summed E-state index contributed by atoms with van der Waals surface area (Å²) in [5.74, 6) is 0.197. The second-order valence-corrected chi connectivity index (χ2v) is 2.78. The number of amides is 1. The number of esters is 1. The van der Waals surface area contributed by atoms with Gasteiger partial charge >= 0.3 is 5.97 Å². The minimum Gasteiger partial charge on any atom is -0.435 e. The Morgan fingerprint density at radius 3 is 2.43 bits per heavy atom. The molecule has 78 valence electrons. The lowest BCUT2D eigenvalue weighted by Gasteiger charge is -1.92. The molecular weight excluding hydrogens is 182 g/mol. The third-order valence-electron chi connectivity index (χ3n) is 1.59. The molecule has 0 aliphatic carbocycles. The van der Waals surface area contributed by atoms with E-state index in [2.05, 4.69) is 23.2 Å². The molecule has 0 spiro atoms. The van der Waals surface area contributed by atoms with E-state index >= 15 is 0 Å². The van der Waals surface area contributed by atoms with Crippen molar-refractivity contribution in [2.75, 3.05) is 6.54 Å². The smallest absolute Gasteiger partial charge is 0.307 e. The summed E-state index contributed by atoms with van der Waals surface area (Å²) in [7, 11) is 0. The van der Waals surface area contributed by atoms with Gasteiger partial charge in [0, 0.05) is 25.8 Å². The second kappa shape index (κ2) is 6.88. The predicted molar refractivity (Wildman–Crippen MR) is 53.3 cm³/mol. The van der Waals surface area contributed by atoms with Crippen molar-refractivity contribution in [2.24, 2.45) is 5.92 Å². The summed E-state index contributed by atoms with van der Waals surface area (Å²) in [6.45, 7) is 8.84. The lowest BCUT2D eigenvalue weighted by Crippen LogP contribution is -2.13. The van der Waals surface area contributed by atoms with Crippen LogP contribution in [-0.4, -0.2) is 18.4 Å². The highest BCUT2D eigenvalue weighted by Crippen LogP contribution is 2.07. The number of hydrogen-bond donors (Lipinski definition) is 1. The van der Waals surface area contributed by atoms with E-state index in [1.54, 1.807) is 0 Å². The van der Waals surface area contributed by atoms with Gasteiger partial charge in [-0.1, -0.05) is 12.7 Å². The van der Waals surface area contributed by atoms with Crippen LogP contribution in [0.25, 0.3) is 0 Å². The molecule has 1 unspecified atom stereocenters. The van der Waals surface area contributed by atoms with Crippen molar-refractivity contribution in [3.05, 3.63) is 25.5 Å². The topological polar surface area (TPSA) is 55.4 Å². The minimum absolute atomic E-state index is 0.148. The van der Waals surface area contributed by atoms with E-state index in [9.17, 15) is 9.59 Å². The van der Waals surface area contributed by atoms with Gasteiger partial charge in [0.2, 0.25) is 5.91 Å². The zero-order valence-corrected chi connectivity index (χ0v) is 8.29. The molecule has 1 amide bonds. The Balaban J connectivity index is 0.000000255. The first-order valence-corrected chi connectivity index (χ1v) is 4.27. The number of hydrogen-bond acceptors (Lipinski definition) is 3. The molecule has 4 heteroatoms. The van der Waals surface area contributed by atoms with Crippen molar-refractivity contribution in [1.29, 1.82) is 0 Å². The van der Waals surface area contributed by atoms with Crippen LogP contribution in [0.1, 0.15) is 13.3 Å². The van der Waals surface area contributed by atoms with Crippen LogP contribution in [0.2, 0.25) is 0 Å². The van der Waals surface area contributed by atoms with E-state index in [0.717, 1.165) is 12.8 Å². The summed E-state index contributed by atoms with van der Waals surface area (Å²) in [5.41, 5.74) is 0. The summed E-state index contributed by atoms with van der Waals surface area (Å²) in [4.78, 5) is 20.2. The molecule has 1 heterocycles. The number of carbonyl (C=O) groups is 2. The number of carbonyl (C=O) groups excluding carboxylic acids is 2. The Hall–Kier alpha value is -1.58. The van der Waals surface area contributed by atoms with Gasteiger partial charge in [0.15, 0.2) is 0 Å². The molecule has 1 atom stereocenters. The largest absolute Gasteiger partial charge is 0.435 e. The van der Waals surface area contributed by atoms with Crippen LogP contribution in [-0.2, 0) is 14.3 Å². The Kier molecular flexibility index (Phi) is 6.11. The maximum Gasteiger partial charge on any atom is 0.307 e. The first kappa shape index (κ1) is 12.4. The zero-order chi connectivity index (χ0) is 11.0. The first-order chi connectivity index (χ1) is 6.60. The van der Waals surface area contributed by atoms with Gasteiger partial charge in [-0.15, -0.1) is 6.58 Å². The second-order valence-electron chi connectivity index (χ2n) is 2.78. The van der Waals surface area contributed by atoms with Gasteiger partial charge in [-0.3, -0.25) is 9.59 Å². The lowest BCUT2D eigenvalue weighted by molar-refractivity contribution is -0.135. The summed E-state index contributed by atoms with van der Waals surface area (Å²) < 4.78 is 4.17. The van der Waals surface area contributed by atoms with Crippen molar-refractivity contribution < 1.29 is 14.3 Å². The molecule has 0 radical (unpaired) electrons. The van der Waals surface area contributed by atoms with E-state index in [-0.39, 0.29) is 11.9 Å². The third kappa shape index (κ3) is 5.99. The molecule has 1 aliphatic heterocycles. The Morgan fingerprint density at radius 1 is 1.64 bits per heavy atom. The quantitative estimate of drug-likeness (QED) is 0.408. The molecule has 0 saturated carbocycles. The van der Waals surface area contributed by atoms with Crippen molar-refractivity contribution >= 4 is 11.9 Å². The Labute approximate surface area is 83.6 Å². The monoisotopic (exact) mass is 197 g/mol. The van der Waals surface area contributed by atoms with Crippen LogP contribution >= 0.6 is 0 Å². The molecule has 1 fully saturated rings. The maximum absolute atomic E-state index is 10.5. The van der Waals surface area contributed by atoms with Gasteiger partial charge in [0.05, 0.1) is 6.26 Å². The van der Waals surface area contributed by atoms with Crippen molar-refractivity contribution in [2.45, 2.75) is 13.3 Å². The molecule has 0 aromatic rings. The van der Waals surface area contributed by atoms with Crippen LogP contribution in [0.5, 0.6) is 0 Å². The van der Waals surface area contributed by atoms with Gasteiger partial charge in [-0.2, -0.15) is 0 Å². The van der Waals surface area contributed by atoms with E-state index in [4.69, 9.17) is 0 Å². The summed E-state index contributed by atoms with van der Waals surface area (Å²) in [5, 5.41) is 2.71. The third-order valence-corrected chi connectivity index (χ3v) is 1.59. The number of ether oxygens (including phenoxy) is 1. The van der Waals surface area contributed by atoms with Gasteiger partial charge in [0.1, 0.15) is 0 Å². The molecular formula is C10H15NO3. The number of nitrogens with one attached hydrogen (secondary N) is 1. The van der Waals surface area contributed by atoms with E-state index in [1.165, 1.54) is 6.92 Å². The average molecular weight is 197 g/mol. The zero-order valence-electron chi connectivity index (χ0n) is 8.29. The molecule has 4 nitrogen and oxygen atoms in total. The standard InChI is InChI=1S/C6H9NO.C4H6O2/c1-2-5-3-6(8)7-4-5;1-3-6-4(2)5/h2,5H,1,3-4H2,(H,7,8);3H,1H2,2H3. The first-order valence-electron chi connectivity index (χ1n) is 4.27. The molecule has 0 bridgehead atoms. The molecule has 0 aromatic heterocycles. The molecule has 1 N–H and O–H groups in total. The van der Waals surface area contributed by atoms with E-state index in [1.807, 2.05) is 6.08 Å². The SMILES string of the molecule is C=CC1CNC(=O)C1.C=COC(C)=O. The number of rotatable bonds is 2. The summed E-state index contributed by atoms with van der Waals surface area (Å²) in [6.07, 6.45) is 3.55. The normalized spacial score (nSPS) is 18.6. The average Bonchev–Trinajstić information content (AvgIpc) is 2.52. The van der Waals surface area contributed by atoms with Crippen LogP contribution in [0, 0.1) is 5.92 Å². The lowest BCUT2D eigenvalue weighted by atomic mass is 10.1.